The molecule has 100 valence electrons. The van der Waals surface area contributed by atoms with Crippen molar-refractivity contribution in [3.8, 4) is 5.75 Å². The molecule has 1 fully saturated rings. The number of benzene rings is 1. The number of imidazole rings is 1. The summed E-state index contributed by atoms with van der Waals surface area (Å²) in [7, 11) is 0. The van der Waals surface area contributed by atoms with Gasteiger partial charge in [0.2, 0.25) is 5.95 Å². The number of hydrogen-bond acceptors (Lipinski definition) is 4. The smallest absolute Gasteiger partial charge is 0.206 e. The van der Waals surface area contributed by atoms with Crippen LogP contribution in [0.4, 0.5) is 5.95 Å². The zero-order valence-electron chi connectivity index (χ0n) is 10.8. The number of nitrogens with zero attached hydrogens (tertiary/aromatic N) is 3. The quantitative estimate of drug-likeness (QED) is 0.781. The summed E-state index contributed by atoms with van der Waals surface area (Å²) in [5, 5.41) is 0. The molecule has 5 heteroatoms. The monoisotopic (exact) mass is 259 g/mol. The highest BCUT2D eigenvalue weighted by Crippen LogP contribution is 2.32. The maximum absolute atomic E-state index is 5.82. The van der Waals surface area contributed by atoms with Gasteiger partial charge < -0.3 is 18.9 Å². The number of hydrogen-bond donors (Lipinski definition) is 0. The summed E-state index contributed by atoms with van der Waals surface area (Å²) in [6.45, 7) is 5.15. The van der Waals surface area contributed by atoms with Crippen LogP contribution in [0.5, 0.6) is 5.75 Å². The molecule has 0 bridgehead atoms. The van der Waals surface area contributed by atoms with E-state index in [4.69, 9.17) is 14.5 Å². The first-order valence-electron chi connectivity index (χ1n) is 6.88. The van der Waals surface area contributed by atoms with Gasteiger partial charge in [0.25, 0.3) is 0 Å². The molecule has 0 spiro atoms. The maximum atomic E-state index is 5.82. The molecule has 19 heavy (non-hydrogen) atoms. The Morgan fingerprint density at radius 3 is 2.84 bits per heavy atom. The van der Waals surface area contributed by atoms with Gasteiger partial charge in [0.05, 0.1) is 25.3 Å². The molecule has 1 aromatic heterocycles. The highest BCUT2D eigenvalue weighted by molar-refractivity contribution is 5.85. The number of para-hydroxylation sites is 1. The molecule has 0 saturated carbocycles. The summed E-state index contributed by atoms with van der Waals surface area (Å²) < 4.78 is 13.6. The van der Waals surface area contributed by atoms with Crippen LogP contribution in [0.1, 0.15) is 6.42 Å². The van der Waals surface area contributed by atoms with Crippen LogP contribution in [-0.4, -0.2) is 42.5 Å². The van der Waals surface area contributed by atoms with Gasteiger partial charge in [-0.3, -0.25) is 0 Å². The Balaban J connectivity index is 1.88. The molecule has 3 heterocycles. The Kier molecular flexibility index (Phi) is 2.58. The lowest BCUT2D eigenvalue weighted by Crippen LogP contribution is -2.38. The van der Waals surface area contributed by atoms with Crippen LogP contribution in [-0.2, 0) is 11.3 Å². The van der Waals surface area contributed by atoms with Crippen molar-refractivity contribution >= 4 is 17.0 Å². The average Bonchev–Trinajstić information content (AvgIpc) is 2.69. The first-order chi connectivity index (χ1) is 9.43. The number of ether oxygens (including phenoxy) is 2. The van der Waals surface area contributed by atoms with Gasteiger partial charge in [-0.25, -0.2) is 4.98 Å². The van der Waals surface area contributed by atoms with Crippen LogP contribution >= 0.6 is 0 Å². The second-order valence-corrected chi connectivity index (χ2v) is 4.99. The van der Waals surface area contributed by atoms with Gasteiger partial charge in [0.1, 0.15) is 11.3 Å². The standard InChI is InChI=1S/C14H17N3O2/c1-3-11-13-12(4-1)19-8-2-5-17(13)14(15-11)16-6-9-18-10-7-16/h1,3-4H,2,5-10H2. The van der Waals surface area contributed by atoms with Crippen LogP contribution in [0.15, 0.2) is 18.2 Å². The summed E-state index contributed by atoms with van der Waals surface area (Å²) in [6, 6.07) is 6.12. The Labute approximate surface area is 111 Å². The third kappa shape index (κ3) is 1.76. The fourth-order valence-electron chi connectivity index (χ4n) is 2.88. The Morgan fingerprint density at radius 2 is 1.95 bits per heavy atom. The van der Waals surface area contributed by atoms with Gasteiger partial charge in [0, 0.05) is 19.6 Å². The van der Waals surface area contributed by atoms with Gasteiger partial charge in [-0.05, 0) is 18.6 Å². The summed E-state index contributed by atoms with van der Waals surface area (Å²) in [5.41, 5.74) is 2.17. The van der Waals surface area contributed by atoms with E-state index in [2.05, 4.69) is 15.5 Å². The van der Waals surface area contributed by atoms with E-state index in [-0.39, 0.29) is 0 Å². The lowest BCUT2D eigenvalue weighted by atomic mass is 10.3. The van der Waals surface area contributed by atoms with Gasteiger partial charge >= 0.3 is 0 Å². The van der Waals surface area contributed by atoms with Crippen molar-refractivity contribution in [3.05, 3.63) is 18.2 Å². The number of morpholine rings is 1. The molecule has 2 aliphatic rings. The van der Waals surface area contributed by atoms with Crippen molar-refractivity contribution in [2.45, 2.75) is 13.0 Å². The second-order valence-electron chi connectivity index (χ2n) is 4.99. The molecule has 1 aromatic carbocycles. The summed E-state index contributed by atoms with van der Waals surface area (Å²) >= 11 is 0. The summed E-state index contributed by atoms with van der Waals surface area (Å²) in [4.78, 5) is 7.12. The predicted octanol–water partition coefficient (Wildman–Crippen LogP) is 1.66. The SMILES string of the molecule is c1cc2c3c(c1)nc(N1CCOCC1)n3CCCO2. The lowest BCUT2D eigenvalue weighted by molar-refractivity contribution is 0.121. The lowest BCUT2D eigenvalue weighted by Gasteiger charge is -2.28. The fraction of sp³-hybridized carbons (Fsp3) is 0.500. The fourth-order valence-corrected chi connectivity index (χ4v) is 2.88. The van der Waals surface area contributed by atoms with Gasteiger partial charge in [-0.15, -0.1) is 0 Å². The number of aryl methyl sites for hydroxylation is 1. The van der Waals surface area contributed by atoms with Crippen LogP contribution in [0, 0.1) is 0 Å². The van der Waals surface area contributed by atoms with E-state index < -0.39 is 0 Å². The number of rotatable bonds is 1. The van der Waals surface area contributed by atoms with Gasteiger partial charge in [0.15, 0.2) is 0 Å². The van der Waals surface area contributed by atoms with Crippen molar-refractivity contribution in [3.63, 3.8) is 0 Å². The van der Waals surface area contributed by atoms with Crippen molar-refractivity contribution < 1.29 is 9.47 Å². The Bertz CT molecular complexity index is 602. The molecular weight excluding hydrogens is 242 g/mol. The molecule has 5 nitrogen and oxygen atoms in total. The van der Waals surface area contributed by atoms with Crippen LogP contribution in [0.25, 0.3) is 11.0 Å². The van der Waals surface area contributed by atoms with E-state index in [0.29, 0.717) is 0 Å². The first kappa shape index (κ1) is 11.1. The molecule has 0 radical (unpaired) electrons. The van der Waals surface area contributed by atoms with Crippen LogP contribution < -0.4 is 9.64 Å². The van der Waals surface area contributed by atoms with E-state index in [1.807, 2.05) is 12.1 Å². The van der Waals surface area contributed by atoms with Crippen LogP contribution in [0.3, 0.4) is 0 Å². The van der Waals surface area contributed by atoms with E-state index in [9.17, 15) is 0 Å². The van der Waals surface area contributed by atoms with Crippen molar-refractivity contribution in [1.82, 2.24) is 9.55 Å². The molecule has 2 aromatic rings. The number of anilines is 1. The average molecular weight is 259 g/mol. The topological polar surface area (TPSA) is 39.5 Å². The number of aromatic nitrogens is 2. The summed E-state index contributed by atoms with van der Waals surface area (Å²) in [5.74, 6) is 2.03. The maximum Gasteiger partial charge on any atom is 0.206 e. The highest BCUT2D eigenvalue weighted by Gasteiger charge is 2.22. The van der Waals surface area contributed by atoms with E-state index in [0.717, 1.165) is 68.6 Å². The second kappa shape index (κ2) is 4.42. The molecule has 0 amide bonds. The minimum Gasteiger partial charge on any atom is -0.491 e. The minimum absolute atomic E-state index is 0.781. The largest absolute Gasteiger partial charge is 0.491 e. The van der Waals surface area contributed by atoms with Gasteiger partial charge in [-0.2, -0.15) is 0 Å². The van der Waals surface area contributed by atoms with Crippen molar-refractivity contribution in [1.29, 1.82) is 0 Å². The highest BCUT2D eigenvalue weighted by atomic mass is 16.5. The molecule has 0 N–H and O–H groups in total. The normalized spacial score (nSPS) is 19.3. The third-order valence-corrected chi connectivity index (χ3v) is 3.79. The molecule has 1 saturated heterocycles. The van der Waals surface area contributed by atoms with Crippen LogP contribution in [0.2, 0.25) is 0 Å². The first-order valence-corrected chi connectivity index (χ1v) is 6.88. The Morgan fingerprint density at radius 1 is 1.05 bits per heavy atom. The van der Waals surface area contributed by atoms with Crippen molar-refractivity contribution in [2.24, 2.45) is 0 Å². The predicted molar refractivity (Wildman–Crippen MR) is 72.9 cm³/mol. The third-order valence-electron chi connectivity index (χ3n) is 3.79. The molecule has 0 atom stereocenters. The summed E-state index contributed by atoms with van der Waals surface area (Å²) in [6.07, 6.45) is 1.03. The van der Waals surface area contributed by atoms with Gasteiger partial charge in [-0.1, -0.05) is 6.07 Å². The molecule has 2 aliphatic heterocycles. The zero-order valence-corrected chi connectivity index (χ0v) is 10.8. The molecule has 0 unspecified atom stereocenters. The van der Waals surface area contributed by atoms with E-state index in [1.54, 1.807) is 0 Å². The molecule has 0 aliphatic carbocycles. The molecule has 4 rings (SSSR count). The van der Waals surface area contributed by atoms with E-state index >= 15 is 0 Å². The molecular formula is C14H17N3O2. The van der Waals surface area contributed by atoms with E-state index in [1.165, 1.54) is 0 Å². The Hall–Kier alpha value is -1.75. The minimum atomic E-state index is 0.781. The zero-order chi connectivity index (χ0) is 12.7. The van der Waals surface area contributed by atoms with Crippen molar-refractivity contribution in [2.75, 3.05) is 37.8 Å².